The number of aliphatic hydroxyl groups excluding tert-OH is 1. The number of benzene rings is 1. The third-order valence-corrected chi connectivity index (χ3v) is 5.40. The summed E-state index contributed by atoms with van der Waals surface area (Å²) in [6, 6.07) is 3.94. The van der Waals surface area contributed by atoms with E-state index in [1.807, 2.05) is 23.1 Å². The molecule has 5 nitrogen and oxygen atoms in total. The lowest BCUT2D eigenvalue weighted by Gasteiger charge is -2.35. The van der Waals surface area contributed by atoms with Crippen LogP contribution in [0.2, 0.25) is 0 Å². The first kappa shape index (κ1) is 14.6. The fourth-order valence-electron chi connectivity index (χ4n) is 4.21. The largest absolute Gasteiger partial charge is 0.493 e. The Morgan fingerprint density at radius 1 is 1.48 bits per heavy atom. The zero-order valence-electron chi connectivity index (χ0n) is 13.4. The summed E-state index contributed by atoms with van der Waals surface area (Å²) in [4.78, 5) is 13.8. The summed E-state index contributed by atoms with van der Waals surface area (Å²) in [7, 11) is 1.64. The Balaban J connectivity index is 1.92. The second kappa shape index (κ2) is 4.99. The van der Waals surface area contributed by atoms with Crippen molar-refractivity contribution in [2.45, 2.75) is 43.9 Å². The van der Waals surface area contributed by atoms with Gasteiger partial charge in [-0.3, -0.25) is 4.79 Å². The lowest BCUT2D eigenvalue weighted by Crippen LogP contribution is -2.43. The van der Waals surface area contributed by atoms with Gasteiger partial charge in [0.25, 0.3) is 0 Å². The maximum Gasteiger partial charge on any atom is 0.219 e. The van der Waals surface area contributed by atoms with E-state index in [4.69, 9.17) is 9.47 Å². The number of methoxy groups -OCH3 is 1. The summed E-state index contributed by atoms with van der Waals surface area (Å²) in [6.45, 7) is 2.89. The summed E-state index contributed by atoms with van der Waals surface area (Å²) in [5, 5.41) is 10.0. The van der Waals surface area contributed by atoms with Gasteiger partial charge in [0.1, 0.15) is 6.10 Å². The predicted octanol–water partition coefficient (Wildman–Crippen LogP) is 1.77. The molecule has 2 unspecified atom stereocenters. The molecule has 23 heavy (non-hydrogen) atoms. The lowest BCUT2D eigenvalue weighted by molar-refractivity contribution is -0.129. The molecule has 2 aliphatic heterocycles. The van der Waals surface area contributed by atoms with Crippen LogP contribution >= 0.6 is 0 Å². The number of nitrogens with zero attached hydrogens (tertiary/aromatic N) is 1. The molecule has 1 amide bonds. The van der Waals surface area contributed by atoms with Crippen LogP contribution in [-0.4, -0.2) is 41.8 Å². The van der Waals surface area contributed by atoms with Crippen LogP contribution in [0.5, 0.6) is 11.5 Å². The number of carbonyl (C=O) groups excluding carboxylic acids is 1. The minimum atomic E-state index is -0.485. The highest BCUT2D eigenvalue weighted by Crippen LogP contribution is 2.55. The molecule has 1 N–H and O–H groups in total. The summed E-state index contributed by atoms with van der Waals surface area (Å²) in [5.41, 5.74) is 1.97. The van der Waals surface area contributed by atoms with Gasteiger partial charge in [-0.25, -0.2) is 0 Å². The summed E-state index contributed by atoms with van der Waals surface area (Å²) in [5.74, 6) is 1.58. The summed E-state index contributed by atoms with van der Waals surface area (Å²) >= 11 is 0. The van der Waals surface area contributed by atoms with Crippen LogP contribution in [0.4, 0.5) is 0 Å². The Morgan fingerprint density at radius 2 is 2.30 bits per heavy atom. The van der Waals surface area contributed by atoms with Gasteiger partial charge in [-0.2, -0.15) is 0 Å². The van der Waals surface area contributed by atoms with Crippen LogP contribution in [0.1, 0.15) is 30.9 Å². The van der Waals surface area contributed by atoms with Crippen molar-refractivity contribution >= 4 is 5.91 Å². The molecule has 1 aliphatic carbocycles. The molecule has 0 saturated heterocycles. The minimum absolute atomic E-state index is 0.0863. The van der Waals surface area contributed by atoms with Crippen LogP contribution in [0, 0.1) is 0 Å². The summed E-state index contributed by atoms with van der Waals surface area (Å²) < 4.78 is 11.7. The number of rotatable bonds is 1. The molecule has 1 spiro atoms. The topological polar surface area (TPSA) is 59.0 Å². The van der Waals surface area contributed by atoms with E-state index in [0.717, 1.165) is 29.0 Å². The number of amides is 1. The molecular weight excluding hydrogens is 294 g/mol. The molecular formula is C18H21NO4. The van der Waals surface area contributed by atoms with Crippen molar-refractivity contribution in [3.8, 4) is 11.5 Å². The zero-order chi connectivity index (χ0) is 16.2. The van der Waals surface area contributed by atoms with E-state index in [9.17, 15) is 9.90 Å². The zero-order valence-corrected chi connectivity index (χ0v) is 13.4. The highest BCUT2D eigenvalue weighted by atomic mass is 16.5. The standard InChI is InChI=1S/C18H21NO4/c1-11(20)19-8-7-18-6-5-13(21)9-15(18)23-17-14(22-2)4-3-12(10-19)16(17)18/h3-6,13,15,21H,7-10H2,1-2H3/t13-,15?,18?/m0/s1. The molecule has 0 aromatic heterocycles. The fraction of sp³-hybridized carbons (Fsp3) is 0.500. The van der Waals surface area contributed by atoms with Crippen molar-refractivity contribution in [2.75, 3.05) is 13.7 Å². The second-order valence-corrected chi connectivity index (χ2v) is 6.63. The molecule has 3 atom stereocenters. The van der Waals surface area contributed by atoms with Gasteiger partial charge in [0.15, 0.2) is 11.5 Å². The van der Waals surface area contributed by atoms with Crippen LogP contribution in [0.15, 0.2) is 24.3 Å². The molecule has 5 heteroatoms. The second-order valence-electron chi connectivity index (χ2n) is 6.63. The quantitative estimate of drug-likeness (QED) is 0.803. The van der Waals surface area contributed by atoms with Crippen molar-refractivity contribution < 1.29 is 19.4 Å². The summed E-state index contributed by atoms with van der Waals surface area (Å²) in [6.07, 6.45) is 4.72. The van der Waals surface area contributed by atoms with Crippen molar-refractivity contribution in [1.82, 2.24) is 4.90 Å². The van der Waals surface area contributed by atoms with Crippen molar-refractivity contribution in [1.29, 1.82) is 0 Å². The first-order chi connectivity index (χ1) is 11.0. The van der Waals surface area contributed by atoms with Crippen molar-refractivity contribution in [3.05, 3.63) is 35.4 Å². The Morgan fingerprint density at radius 3 is 3.04 bits per heavy atom. The van der Waals surface area contributed by atoms with Gasteiger partial charge in [-0.1, -0.05) is 18.2 Å². The molecule has 1 aromatic rings. The van der Waals surface area contributed by atoms with E-state index in [0.29, 0.717) is 19.5 Å². The number of aliphatic hydroxyl groups is 1. The fourth-order valence-corrected chi connectivity index (χ4v) is 4.21. The van der Waals surface area contributed by atoms with Gasteiger partial charge in [0.05, 0.1) is 18.6 Å². The molecule has 0 fully saturated rings. The highest BCUT2D eigenvalue weighted by molar-refractivity contribution is 5.74. The van der Waals surface area contributed by atoms with Crippen LogP contribution in [-0.2, 0) is 16.8 Å². The molecule has 0 saturated carbocycles. The van der Waals surface area contributed by atoms with Crippen molar-refractivity contribution in [2.24, 2.45) is 0 Å². The van der Waals surface area contributed by atoms with Gasteiger partial charge in [0, 0.05) is 32.0 Å². The Bertz CT molecular complexity index is 699. The molecule has 1 aromatic carbocycles. The van der Waals surface area contributed by atoms with E-state index in [-0.39, 0.29) is 17.4 Å². The average Bonchev–Trinajstić information content (AvgIpc) is 2.75. The molecule has 0 bridgehead atoms. The first-order valence-corrected chi connectivity index (χ1v) is 8.05. The van der Waals surface area contributed by atoms with Crippen molar-refractivity contribution in [3.63, 3.8) is 0 Å². The van der Waals surface area contributed by atoms with E-state index in [1.54, 1.807) is 14.0 Å². The Labute approximate surface area is 135 Å². The molecule has 0 radical (unpaired) electrons. The number of hydrogen-bond donors (Lipinski definition) is 1. The smallest absolute Gasteiger partial charge is 0.219 e. The maximum atomic E-state index is 11.9. The minimum Gasteiger partial charge on any atom is -0.493 e. The highest BCUT2D eigenvalue weighted by Gasteiger charge is 2.52. The molecule has 4 rings (SSSR count). The van der Waals surface area contributed by atoms with E-state index in [2.05, 4.69) is 6.08 Å². The van der Waals surface area contributed by atoms with Gasteiger partial charge in [0.2, 0.25) is 5.91 Å². The van der Waals surface area contributed by atoms with Crippen LogP contribution < -0.4 is 9.47 Å². The third kappa shape index (κ3) is 1.99. The number of carbonyl (C=O) groups is 1. The van der Waals surface area contributed by atoms with E-state index < -0.39 is 6.10 Å². The number of hydrogen-bond acceptors (Lipinski definition) is 4. The Hall–Kier alpha value is -2.01. The molecule has 122 valence electrons. The van der Waals surface area contributed by atoms with Gasteiger partial charge < -0.3 is 19.5 Å². The molecule has 3 aliphatic rings. The van der Waals surface area contributed by atoms with Gasteiger partial charge in [-0.15, -0.1) is 0 Å². The van der Waals surface area contributed by atoms with Crippen LogP contribution in [0.25, 0.3) is 0 Å². The van der Waals surface area contributed by atoms with Gasteiger partial charge >= 0.3 is 0 Å². The first-order valence-electron chi connectivity index (χ1n) is 8.05. The normalized spacial score (nSPS) is 31.0. The monoisotopic (exact) mass is 315 g/mol. The van der Waals surface area contributed by atoms with E-state index >= 15 is 0 Å². The SMILES string of the molecule is COc1ccc2c3c1OC1C[C@@H](O)C=CC31CCN(C(C)=O)C2. The predicted molar refractivity (Wildman–Crippen MR) is 84.6 cm³/mol. The third-order valence-electron chi connectivity index (χ3n) is 5.40. The average molecular weight is 315 g/mol. The van der Waals surface area contributed by atoms with E-state index in [1.165, 1.54) is 0 Å². The Kier molecular flexibility index (Phi) is 3.17. The lowest BCUT2D eigenvalue weighted by atomic mass is 9.69. The molecule has 2 heterocycles. The van der Waals surface area contributed by atoms with Gasteiger partial charge in [-0.05, 0) is 18.1 Å². The van der Waals surface area contributed by atoms with Crippen LogP contribution in [0.3, 0.4) is 0 Å². The number of ether oxygens (including phenoxy) is 2. The maximum absolute atomic E-state index is 11.9.